The molecule has 0 aromatic heterocycles. The van der Waals surface area contributed by atoms with Gasteiger partial charge < -0.3 is 14.9 Å². The number of hydrogen-bond donors (Lipinski definition) is 2. The summed E-state index contributed by atoms with van der Waals surface area (Å²) in [4.78, 5) is 0. The van der Waals surface area contributed by atoms with Crippen molar-refractivity contribution < 1.29 is 14.9 Å². The summed E-state index contributed by atoms with van der Waals surface area (Å²) in [7, 11) is 0. The summed E-state index contributed by atoms with van der Waals surface area (Å²) in [6, 6.07) is 1.49. The lowest BCUT2D eigenvalue weighted by Crippen LogP contribution is -1.69. The van der Waals surface area contributed by atoms with E-state index in [2.05, 4.69) is 0 Å². The minimum absolute atomic E-state index is 0.0509. The van der Waals surface area contributed by atoms with Crippen LogP contribution < -0.4 is 4.74 Å². The lowest BCUT2D eigenvalue weighted by molar-refractivity contribution is 0.442. The van der Waals surface area contributed by atoms with Gasteiger partial charge in [0.05, 0.1) is 0 Å². The summed E-state index contributed by atoms with van der Waals surface area (Å²) in [6.07, 6.45) is 0. The third-order valence-electron chi connectivity index (χ3n) is 1.62. The molecule has 0 bridgehead atoms. The molecule has 0 saturated heterocycles. The number of benzene rings is 1. The van der Waals surface area contributed by atoms with Crippen LogP contribution in [-0.4, -0.2) is 10.2 Å². The van der Waals surface area contributed by atoms with Crippen LogP contribution in [0, 0.1) is 6.92 Å². The standard InChI is InChI=1S/C7H6O3/c1-3-4(8)2-5-7(10-5)6(3)9/h2,8-9H,1H3. The van der Waals surface area contributed by atoms with Crippen LogP contribution in [0.4, 0.5) is 0 Å². The second-order valence-corrected chi connectivity index (χ2v) is 2.30. The van der Waals surface area contributed by atoms with E-state index in [-0.39, 0.29) is 11.5 Å². The molecule has 1 aliphatic rings. The Morgan fingerprint density at radius 1 is 1.40 bits per heavy atom. The maximum absolute atomic E-state index is 9.15. The molecule has 0 saturated carbocycles. The van der Waals surface area contributed by atoms with Gasteiger partial charge in [-0.2, -0.15) is 0 Å². The molecular weight excluding hydrogens is 132 g/mol. The molecular formula is C7H6O3. The molecule has 0 fully saturated rings. The molecule has 1 heterocycles. The number of phenolic OH excluding ortho intramolecular Hbond substituents is 2. The number of hydrogen-bond acceptors (Lipinski definition) is 3. The minimum Gasteiger partial charge on any atom is -0.507 e. The van der Waals surface area contributed by atoms with Gasteiger partial charge in [0.25, 0.3) is 0 Å². The molecule has 0 amide bonds. The van der Waals surface area contributed by atoms with Crippen LogP contribution in [0.3, 0.4) is 0 Å². The summed E-state index contributed by atoms with van der Waals surface area (Å²) < 4.78 is 4.82. The van der Waals surface area contributed by atoms with Gasteiger partial charge >= 0.3 is 0 Å². The Hall–Kier alpha value is -1.38. The van der Waals surface area contributed by atoms with E-state index in [1.165, 1.54) is 6.07 Å². The Labute approximate surface area is 57.5 Å². The highest BCUT2D eigenvalue weighted by Gasteiger charge is 2.28. The second kappa shape index (κ2) is 1.37. The molecule has 0 aliphatic carbocycles. The molecule has 1 aromatic rings. The van der Waals surface area contributed by atoms with Gasteiger partial charge in [-0.3, -0.25) is 0 Å². The fraction of sp³-hybridized carbons (Fsp3) is 0.143. The van der Waals surface area contributed by atoms with Crippen LogP contribution in [0.1, 0.15) is 5.56 Å². The SMILES string of the molecule is Cc1c(O)cc2c(c1O)O2. The Morgan fingerprint density at radius 2 is 2.10 bits per heavy atom. The van der Waals surface area contributed by atoms with Crippen LogP contribution in [0.5, 0.6) is 23.0 Å². The van der Waals surface area contributed by atoms with Crippen LogP contribution in [0.15, 0.2) is 6.07 Å². The normalized spacial score (nSPS) is 12.1. The van der Waals surface area contributed by atoms with Gasteiger partial charge in [0.2, 0.25) is 5.75 Å². The zero-order chi connectivity index (χ0) is 7.30. The predicted octanol–water partition coefficient (Wildman–Crippen LogP) is 1.51. The van der Waals surface area contributed by atoms with Crippen molar-refractivity contribution in [3.8, 4) is 23.0 Å². The van der Waals surface area contributed by atoms with E-state index in [0.717, 1.165) is 0 Å². The number of fused-ring (bicyclic) bond motifs is 1. The van der Waals surface area contributed by atoms with Gasteiger partial charge in [0, 0.05) is 11.6 Å². The Bertz CT molecular complexity index is 301. The molecule has 1 aliphatic heterocycles. The number of ether oxygens (including phenoxy) is 1. The molecule has 52 valence electrons. The van der Waals surface area contributed by atoms with E-state index < -0.39 is 0 Å². The highest BCUT2D eigenvalue weighted by molar-refractivity contribution is 5.68. The number of aromatic hydroxyl groups is 2. The molecule has 3 nitrogen and oxygen atoms in total. The zero-order valence-corrected chi connectivity index (χ0v) is 5.38. The molecule has 0 spiro atoms. The van der Waals surface area contributed by atoms with Gasteiger partial charge in [-0.25, -0.2) is 0 Å². The second-order valence-electron chi connectivity index (χ2n) is 2.30. The molecule has 0 radical (unpaired) electrons. The van der Waals surface area contributed by atoms with Crippen molar-refractivity contribution in [2.75, 3.05) is 0 Å². The summed E-state index contributed by atoms with van der Waals surface area (Å²) in [6.45, 7) is 1.63. The Morgan fingerprint density at radius 3 is 2.80 bits per heavy atom. The van der Waals surface area contributed by atoms with Crippen molar-refractivity contribution in [1.29, 1.82) is 0 Å². The minimum atomic E-state index is 0.0509. The molecule has 2 N–H and O–H groups in total. The van der Waals surface area contributed by atoms with Crippen molar-refractivity contribution in [1.82, 2.24) is 0 Å². The molecule has 10 heavy (non-hydrogen) atoms. The fourth-order valence-corrected chi connectivity index (χ4v) is 0.869. The summed E-state index contributed by atoms with van der Waals surface area (Å²) in [5.41, 5.74) is 0.469. The third-order valence-corrected chi connectivity index (χ3v) is 1.62. The van der Waals surface area contributed by atoms with Crippen LogP contribution in [-0.2, 0) is 0 Å². The number of phenols is 2. The lowest BCUT2D eigenvalue weighted by atomic mass is 10.2. The topological polar surface area (TPSA) is 53.0 Å². The third kappa shape index (κ3) is 0.492. The highest BCUT2D eigenvalue weighted by Crippen LogP contribution is 2.55. The van der Waals surface area contributed by atoms with Crippen LogP contribution in [0.2, 0.25) is 0 Å². The highest BCUT2D eigenvalue weighted by atomic mass is 16.6. The van der Waals surface area contributed by atoms with Gasteiger partial charge in [-0.05, 0) is 6.92 Å². The van der Waals surface area contributed by atoms with Crippen molar-refractivity contribution >= 4 is 0 Å². The van der Waals surface area contributed by atoms with E-state index in [1.807, 2.05) is 0 Å². The van der Waals surface area contributed by atoms with E-state index in [4.69, 9.17) is 14.9 Å². The lowest BCUT2D eigenvalue weighted by Gasteiger charge is -1.94. The van der Waals surface area contributed by atoms with Crippen molar-refractivity contribution in [2.45, 2.75) is 6.92 Å². The Kier molecular flexibility index (Phi) is 0.740. The average molecular weight is 138 g/mol. The smallest absolute Gasteiger partial charge is 0.212 e. The van der Waals surface area contributed by atoms with E-state index >= 15 is 0 Å². The van der Waals surface area contributed by atoms with Crippen LogP contribution >= 0.6 is 0 Å². The van der Waals surface area contributed by atoms with Crippen molar-refractivity contribution in [2.24, 2.45) is 0 Å². The van der Waals surface area contributed by atoms with Crippen molar-refractivity contribution in [3.05, 3.63) is 11.6 Å². The fourth-order valence-electron chi connectivity index (χ4n) is 0.869. The average Bonchev–Trinajstić information content (AvgIpc) is 2.62. The first-order valence-electron chi connectivity index (χ1n) is 2.93. The van der Waals surface area contributed by atoms with Gasteiger partial charge in [0.1, 0.15) is 5.75 Å². The van der Waals surface area contributed by atoms with Crippen LogP contribution in [0.25, 0.3) is 0 Å². The summed E-state index contributed by atoms with van der Waals surface area (Å²) in [5.74, 6) is 1.19. The van der Waals surface area contributed by atoms with Gasteiger partial charge in [-0.15, -0.1) is 0 Å². The van der Waals surface area contributed by atoms with Gasteiger partial charge in [0.15, 0.2) is 11.5 Å². The van der Waals surface area contributed by atoms with E-state index in [0.29, 0.717) is 17.1 Å². The molecule has 0 unspecified atom stereocenters. The monoisotopic (exact) mass is 138 g/mol. The number of rotatable bonds is 0. The van der Waals surface area contributed by atoms with Gasteiger partial charge in [-0.1, -0.05) is 0 Å². The first-order valence-corrected chi connectivity index (χ1v) is 2.93. The zero-order valence-electron chi connectivity index (χ0n) is 5.38. The summed E-state index contributed by atoms with van der Waals surface area (Å²) >= 11 is 0. The quantitative estimate of drug-likeness (QED) is 0.542. The summed E-state index contributed by atoms with van der Waals surface area (Å²) in [5, 5.41) is 18.2. The first kappa shape index (κ1) is 5.41. The van der Waals surface area contributed by atoms with E-state index in [9.17, 15) is 0 Å². The molecule has 2 rings (SSSR count). The largest absolute Gasteiger partial charge is 0.507 e. The molecule has 3 heteroatoms. The van der Waals surface area contributed by atoms with Crippen molar-refractivity contribution in [3.63, 3.8) is 0 Å². The molecule has 0 atom stereocenters. The van der Waals surface area contributed by atoms with E-state index in [1.54, 1.807) is 6.92 Å². The maximum Gasteiger partial charge on any atom is 0.212 e. The maximum atomic E-state index is 9.15. The Balaban J connectivity index is 2.73. The molecule has 1 aromatic carbocycles. The first-order chi connectivity index (χ1) is 4.70. The predicted molar refractivity (Wildman–Crippen MR) is 34.6 cm³/mol.